The largest absolute Gasteiger partial charge is 0.357 e. The number of H-pyrrole nitrogens is 4. The molecule has 8 N–H and O–H groups in total. The second-order valence-corrected chi connectivity index (χ2v) is 40.3. The average Bonchev–Trinajstić information content (AvgIpc) is 1.66. The number of nitrogens with one attached hydrogen (secondary N) is 8. The zero-order valence-electron chi connectivity index (χ0n) is 83.4. The van der Waals surface area contributed by atoms with Gasteiger partial charge in [-0.1, -0.05) is 55.0 Å². The number of piperidine rings is 2. The molecule has 0 aliphatic carbocycles. The third kappa shape index (κ3) is 24.6. The van der Waals surface area contributed by atoms with Crippen LogP contribution in [0.4, 0.5) is 34.4 Å². The van der Waals surface area contributed by atoms with Crippen molar-refractivity contribution in [1.82, 2.24) is 105 Å². The molecule has 31 nitrogen and oxygen atoms in total. The van der Waals surface area contributed by atoms with Crippen molar-refractivity contribution >= 4 is 102 Å². The van der Waals surface area contributed by atoms with Gasteiger partial charge in [0.2, 0.25) is 0 Å². The van der Waals surface area contributed by atoms with E-state index < -0.39 is 0 Å². The van der Waals surface area contributed by atoms with Crippen LogP contribution >= 0.6 is 0 Å². The number of pyridine rings is 6. The van der Waals surface area contributed by atoms with Gasteiger partial charge in [0, 0.05) is 196 Å². The summed E-state index contributed by atoms with van der Waals surface area (Å²) < 4.78 is 0. The molecule has 0 spiro atoms. The lowest BCUT2D eigenvalue weighted by molar-refractivity contribution is 0.101. The highest BCUT2D eigenvalue weighted by molar-refractivity contribution is 6.15. The topological polar surface area (TPSA) is 338 Å². The van der Waals surface area contributed by atoms with Crippen molar-refractivity contribution in [2.75, 3.05) is 156 Å². The molecule has 0 bridgehead atoms. The minimum Gasteiger partial charge on any atom is -0.357 e. The lowest BCUT2D eigenvalue weighted by Gasteiger charge is -2.32. The molecule has 0 radical (unpaired) electrons. The maximum absolute atomic E-state index is 13.3. The van der Waals surface area contributed by atoms with Crippen LogP contribution in [-0.4, -0.2) is 253 Å². The number of likely N-dealkylation sites (N-methyl/N-ethyl adjacent to an activating group) is 1. The minimum absolute atomic E-state index is 0.209. The Labute approximate surface area is 851 Å². The number of carbonyl (C=O) groups is 4. The fourth-order valence-corrected chi connectivity index (χ4v) is 21.4. The van der Waals surface area contributed by atoms with Crippen LogP contribution in [0.3, 0.4) is 0 Å². The highest BCUT2D eigenvalue weighted by Gasteiger charge is 2.27. The first-order valence-electron chi connectivity index (χ1n) is 52.4. The first-order valence-corrected chi connectivity index (χ1v) is 52.4. The van der Waals surface area contributed by atoms with Crippen LogP contribution in [0.2, 0.25) is 0 Å². The average molecular weight is 1950 g/mol. The lowest BCUT2D eigenvalue weighted by Crippen LogP contribution is -2.43. The zero-order chi connectivity index (χ0) is 98.9. The number of aromatic amines is 4. The number of aromatic nitrogens is 14. The predicted molar refractivity (Wildman–Crippen MR) is 578 cm³/mol. The predicted octanol–water partition coefficient (Wildman–Crippen LogP) is 19.0. The van der Waals surface area contributed by atoms with Gasteiger partial charge in [0.1, 0.15) is 11.6 Å². The first-order chi connectivity index (χ1) is 71.8. The molecule has 18 heterocycles. The standard InChI is InChI=1S/C30H35N7O.C30H34N6O.C28H31N7O.C27H29N7O/c1-35-11-13-37(14-12-35)20-22-5-4-6-26(16-22)32-30(38)29-27-17-24(7-8-28(27)33-34-29)25-15-23(18-31-19-25)21-36-9-2-3-10-36;37-30(32-26-8-6-7-22(16-26)20-35-11-2-1-3-12-35)29-27-17-24(9-10-28(27)33-34-29)25-15-23(18-31-19-25)21-36-13-4-5-14-36;36-28(31-23-7-9-26(30-18-23)35-12-2-1-3-13-35)27-24-15-21(6-8-25(24)32-33-27)22-14-20(16-29-17-22)19-34-10-4-5-11-34;35-27(30-22-6-8-25(29-17-22)34-11-3-4-12-34)26-23-14-20(5-7-24(23)31-32-26)21-13-19(15-28-16-21)18-33-9-1-2-10-33/h4-8,15-19H,2-3,9-14,20-21H2,1H3,(H,32,38)(H,33,34);6-10,15-19H,1-5,11-14,20-21H2,(H,32,37)(H,33,34);6-9,14-18H,1-5,10-13,19H2,(H,31,36)(H,32,33);5-8,13-17H,1-4,9-12,18H2,(H,30,35)(H,31,32). The molecule has 8 aliphatic heterocycles. The molecule has 4 amide bonds. The number of carbonyl (C=O) groups excluding carboxylic acids is 4. The van der Waals surface area contributed by atoms with Crippen LogP contribution < -0.4 is 31.1 Å². The van der Waals surface area contributed by atoms with Crippen LogP contribution in [0.1, 0.15) is 178 Å². The van der Waals surface area contributed by atoms with Gasteiger partial charge >= 0.3 is 0 Å². The van der Waals surface area contributed by atoms with Crippen molar-refractivity contribution in [2.45, 2.75) is 142 Å². The Morgan fingerprint density at radius 3 is 0.808 bits per heavy atom. The molecule has 31 heteroatoms. The molecule has 146 heavy (non-hydrogen) atoms. The molecule has 8 aliphatic rings. The number of fused-ring (bicyclic) bond motifs is 4. The lowest BCUT2D eigenvalue weighted by atomic mass is 10.0. The number of likely N-dealkylation sites (tertiary alicyclic amines) is 5. The summed E-state index contributed by atoms with van der Waals surface area (Å²) in [6.07, 6.45) is 38.9. The first kappa shape index (κ1) is 97.4. The van der Waals surface area contributed by atoms with Crippen LogP contribution in [-0.2, 0) is 39.3 Å². The summed E-state index contributed by atoms with van der Waals surface area (Å²) in [4.78, 5) is 102. The van der Waals surface area contributed by atoms with Crippen LogP contribution in [0, 0.1) is 0 Å². The van der Waals surface area contributed by atoms with E-state index in [2.05, 4.69) is 204 Å². The third-order valence-electron chi connectivity index (χ3n) is 29.4. The second kappa shape index (κ2) is 46.6. The summed E-state index contributed by atoms with van der Waals surface area (Å²) in [5.41, 5.74) is 23.3. The maximum atomic E-state index is 13.3. The summed E-state index contributed by atoms with van der Waals surface area (Å²) in [6, 6.07) is 57.0. The van der Waals surface area contributed by atoms with Crippen molar-refractivity contribution < 1.29 is 19.2 Å². The van der Waals surface area contributed by atoms with Gasteiger partial charge < -0.3 is 36.0 Å². The molecule has 10 aromatic heterocycles. The highest BCUT2D eigenvalue weighted by atomic mass is 16.2. The fourth-order valence-electron chi connectivity index (χ4n) is 21.4. The summed E-state index contributed by atoms with van der Waals surface area (Å²) in [5, 5.41) is 44.6. The van der Waals surface area contributed by atoms with E-state index in [1.54, 1.807) is 12.4 Å². The van der Waals surface area contributed by atoms with Crippen LogP contribution in [0.25, 0.3) is 88.1 Å². The Balaban J connectivity index is 0.000000114. The van der Waals surface area contributed by atoms with Gasteiger partial charge in [-0.3, -0.25) is 88.9 Å². The zero-order valence-corrected chi connectivity index (χ0v) is 83.4. The number of hydrogen-bond donors (Lipinski definition) is 8. The Morgan fingerprint density at radius 2 is 0.514 bits per heavy atom. The smallest absolute Gasteiger partial charge is 0.276 e. The summed E-state index contributed by atoms with van der Waals surface area (Å²) in [6.45, 7) is 25.5. The number of piperazine rings is 1. The fraction of sp³-hybridized carbons (Fsp3) is 0.357. The van der Waals surface area contributed by atoms with Crippen molar-refractivity contribution in [3.8, 4) is 44.5 Å². The summed E-state index contributed by atoms with van der Waals surface area (Å²) >= 11 is 0. The molecule has 16 aromatic rings. The monoisotopic (exact) mass is 1950 g/mol. The number of rotatable bonds is 26. The van der Waals surface area contributed by atoms with Crippen molar-refractivity contribution in [2.24, 2.45) is 0 Å². The van der Waals surface area contributed by atoms with Crippen molar-refractivity contribution in [3.63, 3.8) is 0 Å². The Bertz CT molecular complexity index is 7190. The Kier molecular flexibility index (Phi) is 31.1. The van der Waals surface area contributed by atoms with Gasteiger partial charge in [0.25, 0.3) is 23.6 Å². The number of nitrogens with zero attached hydrogens (tertiary/aromatic N) is 19. The quantitative estimate of drug-likeness (QED) is 0.0250. The molecule has 6 aromatic carbocycles. The van der Waals surface area contributed by atoms with Gasteiger partial charge in [-0.25, -0.2) is 9.97 Å². The van der Waals surface area contributed by atoms with Crippen LogP contribution in [0.15, 0.2) is 232 Å². The molecule has 748 valence electrons. The van der Waals surface area contributed by atoms with E-state index in [1.165, 1.54) is 136 Å². The van der Waals surface area contributed by atoms with E-state index in [4.69, 9.17) is 0 Å². The molecular weight excluding hydrogens is 1820 g/mol. The van der Waals surface area contributed by atoms with Gasteiger partial charge in [-0.05, 0) is 346 Å². The van der Waals surface area contributed by atoms with Gasteiger partial charge in [-0.2, -0.15) is 20.4 Å². The second-order valence-electron chi connectivity index (χ2n) is 40.3. The van der Waals surface area contributed by atoms with E-state index in [-0.39, 0.29) is 23.6 Å². The molecule has 24 rings (SSSR count). The van der Waals surface area contributed by atoms with E-state index >= 15 is 0 Å². The maximum Gasteiger partial charge on any atom is 0.276 e. The Hall–Kier alpha value is -14.7. The minimum atomic E-state index is -0.259. The summed E-state index contributed by atoms with van der Waals surface area (Å²) in [7, 11) is 2.17. The molecule has 0 atom stereocenters. The molecule has 0 unspecified atom stereocenters. The van der Waals surface area contributed by atoms with E-state index in [0.717, 1.165) is 268 Å². The van der Waals surface area contributed by atoms with Crippen molar-refractivity contribution in [3.05, 3.63) is 288 Å². The molecule has 0 saturated carbocycles. The van der Waals surface area contributed by atoms with E-state index in [0.29, 0.717) is 34.2 Å². The van der Waals surface area contributed by atoms with Gasteiger partial charge in [0.15, 0.2) is 22.8 Å². The van der Waals surface area contributed by atoms with Crippen LogP contribution in [0.5, 0.6) is 0 Å². The summed E-state index contributed by atoms with van der Waals surface area (Å²) in [5.74, 6) is 0.974. The number of hydrogen-bond acceptors (Lipinski definition) is 23. The van der Waals surface area contributed by atoms with E-state index in [1.807, 2.05) is 159 Å². The number of anilines is 6. The third-order valence-corrected chi connectivity index (χ3v) is 29.4. The van der Waals surface area contributed by atoms with E-state index in [9.17, 15) is 19.2 Å². The molecule has 8 fully saturated rings. The number of benzene rings is 6. The Morgan fingerprint density at radius 1 is 0.247 bits per heavy atom. The highest BCUT2D eigenvalue weighted by Crippen LogP contribution is 2.35. The van der Waals surface area contributed by atoms with Gasteiger partial charge in [0.05, 0.1) is 45.8 Å². The normalized spacial score (nSPS) is 16.7. The molecule has 8 saturated heterocycles. The molecular formula is C115H129N27O4. The number of amides is 4. The van der Waals surface area contributed by atoms with Crippen molar-refractivity contribution in [1.29, 1.82) is 0 Å². The van der Waals surface area contributed by atoms with Gasteiger partial charge in [-0.15, -0.1) is 0 Å². The SMILES string of the molecule is CN1CCN(Cc2cccc(NC(=O)c3n[nH]c4ccc(-c5cncc(CN6CCCC6)c5)cc34)c2)CC1.O=C(Nc1ccc(N2CCCC2)nc1)c1n[nH]c2ccc(-c3cncc(CN4CCCC4)c3)cc12.O=C(Nc1ccc(N2CCCCC2)nc1)c1n[nH]c2ccc(-c3cncc(CN4CCCC4)c3)cc12.O=C(Nc1cccc(CN2CCCCC2)c1)c1n[nH]c2ccc(-c3cncc(CN4CCCC4)c3)cc12.